The number of hydrogen-bond donors (Lipinski definition) is 2. The van der Waals surface area contributed by atoms with Crippen LogP contribution in [0.15, 0.2) is 29.7 Å². The first kappa shape index (κ1) is 15.5. The molecule has 2 aromatic rings. The quantitative estimate of drug-likeness (QED) is 0.880. The first-order valence-corrected chi connectivity index (χ1v) is 8.01. The van der Waals surface area contributed by atoms with Gasteiger partial charge in [-0.15, -0.1) is 0 Å². The molecular weight excluding hydrogens is 324 g/mol. The summed E-state index contributed by atoms with van der Waals surface area (Å²) in [6.45, 7) is 0. The molecule has 8 nitrogen and oxygen atoms in total. The molecule has 1 aromatic carbocycles. The second kappa shape index (κ2) is 5.80. The summed E-state index contributed by atoms with van der Waals surface area (Å²) in [7, 11) is 2.94. The number of carbonyl (C=O) groups is 1. The zero-order valence-electron chi connectivity index (χ0n) is 13.9. The molecule has 1 aromatic heterocycles. The number of phenols is 1. The molecule has 2 heterocycles. The number of allylic oxidation sites excluding steroid dienone is 2. The molecule has 0 bridgehead atoms. The van der Waals surface area contributed by atoms with Gasteiger partial charge in [0.05, 0.1) is 14.2 Å². The number of hydrogen-bond acceptors (Lipinski definition) is 7. The Balaban J connectivity index is 1.94. The fourth-order valence-electron chi connectivity index (χ4n) is 3.48. The van der Waals surface area contributed by atoms with Crippen molar-refractivity contribution in [3.05, 3.63) is 35.3 Å². The van der Waals surface area contributed by atoms with Gasteiger partial charge in [0.1, 0.15) is 12.4 Å². The Bertz CT molecular complexity index is 862. The van der Waals surface area contributed by atoms with E-state index in [-0.39, 0.29) is 23.0 Å². The predicted octanol–water partition coefficient (Wildman–Crippen LogP) is 2.02. The van der Waals surface area contributed by atoms with Crippen molar-refractivity contribution in [2.24, 2.45) is 0 Å². The van der Waals surface area contributed by atoms with E-state index in [1.165, 1.54) is 20.5 Å². The topological polar surface area (TPSA) is 98.5 Å². The van der Waals surface area contributed by atoms with Gasteiger partial charge >= 0.3 is 0 Å². The highest BCUT2D eigenvalue weighted by molar-refractivity contribution is 5.99. The van der Waals surface area contributed by atoms with E-state index >= 15 is 0 Å². The number of Topliss-reactive ketones (excluding diaryl/α,β-unsaturated/α-hetero) is 1. The zero-order chi connectivity index (χ0) is 17.6. The third kappa shape index (κ3) is 2.33. The number of anilines is 1. The minimum atomic E-state index is -0.440. The van der Waals surface area contributed by atoms with Gasteiger partial charge in [0.25, 0.3) is 0 Å². The normalized spacial score (nSPS) is 19.1. The summed E-state index contributed by atoms with van der Waals surface area (Å²) in [5, 5.41) is 17.7. The van der Waals surface area contributed by atoms with Crippen molar-refractivity contribution < 1.29 is 19.4 Å². The van der Waals surface area contributed by atoms with Crippen LogP contribution < -0.4 is 14.8 Å². The average molecular weight is 342 g/mol. The lowest BCUT2D eigenvalue weighted by atomic mass is 9.85. The number of aromatic hydroxyl groups is 1. The molecule has 0 amide bonds. The smallest absolute Gasteiger partial charge is 0.226 e. The summed E-state index contributed by atoms with van der Waals surface area (Å²) >= 11 is 0. The second-order valence-electron chi connectivity index (χ2n) is 6.00. The molecule has 0 fully saturated rings. The van der Waals surface area contributed by atoms with Crippen LogP contribution in [0.25, 0.3) is 0 Å². The molecule has 0 saturated heterocycles. The minimum Gasteiger partial charge on any atom is -0.502 e. The van der Waals surface area contributed by atoms with E-state index < -0.39 is 6.04 Å². The van der Waals surface area contributed by atoms with Crippen LogP contribution in [0.1, 0.15) is 30.9 Å². The van der Waals surface area contributed by atoms with Gasteiger partial charge in [-0.1, -0.05) is 0 Å². The maximum absolute atomic E-state index is 12.6. The lowest BCUT2D eigenvalue weighted by Crippen LogP contribution is -2.31. The van der Waals surface area contributed by atoms with Crippen molar-refractivity contribution >= 4 is 11.7 Å². The van der Waals surface area contributed by atoms with E-state index in [4.69, 9.17) is 9.47 Å². The number of methoxy groups -OCH3 is 2. The summed E-state index contributed by atoms with van der Waals surface area (Å²) in [5.74, 6) is 1.15. The maximum atomic E-state index is 12.6. The van der Waals surface area contributed by atoms with E-state index in [2.05, 4.69) is 15.4 Å². The molecule has 4 rings (SSSR count). The minimum absolute atomic E-state index is 0.0781. The van der Waals surface area contributed by atoms with Crippen molar-refractivity contribution in [3.63, 3.8) is 0 Å². The van der Waals surface area contributed by atoms with Gasteiger partial charge in [-0.3, -0.25) is 4.79 Å². The monoisotopic (exact) mass is 342 g/mol. The number of nitrogens with zero attached hydrogens (tertiary/aromatic N) is 3. The second-order valence-corrected chi connectivity index (χ2v) is 6.00. The zero-order valence-corrected chi connectivity index (χ0v) is 13.9. The van der Waals surface area contributed by atoms with Crippen LogP contribution in [-0.2, 0) is 4.79 Å². The van der Waals surface area contributed by atoms with Crippen LogP contribution in [0, 0.1) is 0 Å². The van der Waals surface area contributed by atoms with Gasteiger partial charge in [-0.2, -0.15) is 10.1 Å². The van der Waals surface area contributed by atoms with Crippen molar-refractivity contribution in [2.45, 2.75) is 25.3 Å². The molecule has 0 unspecified atom stereocenters. The molecule has 1 atom stereocenters. The van der Waals surface area contributed by atoms with Gasteiger partial charge in [0.2, 0.25) is 11.7 Å². The Morgan fingerprint density at radius 1 is 1.24 bits per heavy atom. The first-order valence-electron chi connectivity index (χ1n) is 8.01. The number of benzene rings is 1. The molecule has 0 spiro atoms. The number of ether oxygens (including phenoxy) is 2. The van der Waals surface area contributed by atoms with Gasteiger partial charge in [-0.25, -0.2) is 4.68 Å². The lowest BCUT2D eigenvalue weighted by molar-refractivity contribution is -0.116. The average Bonchev–Trinajstić information content (AvgIpc) is 3.08. The van der Waals surface area contributed by atoms with Gasteiger partial charge in [0.15, 0.2) is 17.3 Å². The predicted molar refractivity (Wildman–Crippen MR) is 88.9 cm³/mol. The number of carbonyl (C=O) groups excluding carboxylic acids is 1. The molecule has 25 heavy (non-hydrogen) atoms. The Kier molecular flexibility index (Phi) is 3.60. The van der Waals surface area contributed by atoms with Gasteiger partial charge < -0.3 is 19.9 Å². The standard InChI is InChI=1S/C17H18N4O4/c1-24-12-6-9(7-13(25-2)16(12)23)15-14-10(4-3-5-11(14)22)20-17-18-8-19-21(15)17/h6-8,15,23H,3-5H2,1-2H3,(H,18,19,20)/t15-/m1/s1. The molecule has 2 N–H and O–H groups in total. The highest BCUT2D eigenvalue weighted by atomic mass is 16.5. The van der Waals surface area contributed by atoms with Crippen LogP contribution in [-0.4, -0.2) is 39.9 Å². The van der Waals surface area contributed by atoms with Crippen LogP contribution >= 0.6 is 0 Å². The largest absolute Gasteiger partial charge is 0.502 e. The summed E-state index contributed by atoms with van der Waals surface area (Å²) in [6.07, 6.45) is 3.56. The van der Waals surface area contributed by atoms with Crippen molar-refractivity contribution in [1.29, 1.82) is 0 Å². The van der Waals surface area contributed by atoms with Gasteiger partial charge in [0, 0.05) is 17.7 Å². The molecule has 0 radical (unpaired) electrons. The van der Waals surface area contributed by atoms with E-state index in [1.54, 1.807) is 16.8 Å². The number of rotatable bonds is 3. The third-order valence-electron chi connectivity index (χ3n) is 4.63. The van der Waals surface area contributed by atoms with E-state index in [9.17, 15) is 9.90 Å². The van der Waals surface area contributed by atoms with Crippen LogP contribution in [0.4, 0.5) is 5.95 Å². The van der Waals surface area contributed by atoms with Gasteiger partial charge in [-0.05, 0) is 30.5 Å². The van der Waals surface area contributed by atoms with Crippen LogP contribution in [0.2, 0.25) is 0 Å². The maximum Gasteiger partial charge on any atom is 0.226 e. The highest BCUT2D eigenvalue weighted by Gasteiger charge is 2.36. The first-order chi connectivity index (χ1) is 12.1. The number of nitrogens with one attached hydrogen (secondary N) is 1. The van der Waals surface area contributed by atoms with E-state index in [0.717, 1.165) is 24.1 Å². The molecule has 2 aliphatic rings. The van der Waals surface area contributed by atoms with Crippen molar-refractivity contribution in [3.8, 4) is 17.2 Å². The fraction of sp³-hybridized carbons (Fsp3) is 0.353. The Hall–Kier alpha value is -3.03. The number of fused-ring (bicyclic) bond motifs is 1. The van der Waals surface area contributed by atoms with Crippen molar-refractivity contribution in [1.82, 2.24) is 14.8 Å². The third-order valence-corrected chi connectivity index (χ3v) is 4.63. The summed E-state index contributed by atoms with van der Waals surface area (Å²) in [4.78, 5) is 16.9. The Labute approximate surface area is 144 Å². The van der Waals surface area contributed by atoms with Crippen LogP contribution in [0.5, 0.6) is 17.2 Å². The molecule has 8 heteroatoms. The fourth-order valence-corrected chi connectivity index (χ4v) is 3.48. The summed E-state index contributed by atoms with van der Waals surface area (Å²) in [6, 6.07) is 2.96. The molecule has 130 valence electrons. The van der Waals surface area contributed by atoms with E-state index in [1.807, 2.05) is 0 Å². The number of phenolic OH excluding ortho intramolecular Hbond substituents is 1. The summed E-state index contributed by atoms with van der Waals surface area (Å²) in [5.41, 5.74) is 2.30. The number of aromatic nitrogens is 3. The highest BCUT2D eigenvalue weighted by Crippen LogP contribution is 2.44. The van der Waals surface area contributed by atoms with Crippen molar-refractivity contribution in [2.75, 3.05) is 19.5 Å². The molecular formula is C17H18N4O4. The molecule has 1 aliphatic carbocycles. The lowest BCUT2D eigenvalue weighted by Gasteiger charge is -2.32. The molecule has 0 saturated carbocycles. The Morgan fingerprint density at radius 3 is 2.64 bits per heavy atom. The SMILES string of the molecule is COc1cc([C@@H]2C3=C(CCCC3=O)Nc3ncnn32)cc(OC)c1O. The number of ketones is 1. The summed E-state index contributed by atoms with van der Waals surface area (Å²) < 4.78 is 12.2. The van der Waals surface area contributed by atoms with E-state index in [0.29, 0.717) is 17.9 Å². The molecule has 1 aliphatic heterocycles. The van der Waals surface area contributed by atoms with Crippen LogP contribution in [0.3, 0.4) is 0 Å². The Morgan fingerprint density at radius 2 is 1.96 bits per heavy atom.